The average molecular weight is 473 g/mol. The number of methoxy groups -OCH3 is 3. The van der Waals surface area contributed by atoms with Crippen molar-refractivity contribution in [2.45, 2.75) is 0 Å². The third-order valence-corrected chi connectivity index (χ3v) is 5.54. The topological polar surface area (TPSA) is 103 Å². The van der Waals surface area contributed by atoms with E-state index in [-0.39, 0.29) is 30.5 Å². The molecule has 9 nitrogen and oxygen atoms in total. The Balaban J connectivity index is 1.59. The van der Waals surface area contributed by atoms with Crippen LogP contribution in [-0.2, 0) is 9.59 Å². The molecule has 0 radical (unpaired) electrons. The normalized spacial score (nSPS) is 14.4. The first-order chi connectivity index (χ1) is 16.0. The van der Waals surface area contributed by atoms with E-state index in [0.29, 0.717) is 28.6 Å². The van der Waals surface area contributed by atoms with E-state index >= 15 is 0 Å². The van der Waals surface area contributed by atoms with Gasteiger partial charge in [-0.05, 0) is 47.7 Å². The lowest BCUT2D eigenvalue weighted by atomic mass is 10.1. The van der Waals surface area contributed by atoms with Crippen LogP contribution in [0.5, 0.6) is 23.0 Å². The Labute approximate surface area is 195 Å². The average Bonchev–Trinajstić information content (AvgIpc) is 3.09. The van der Waals surface area contributed by atoms with Crippen LogP contribution in [0.3, 0.4) is 0 Å². The molecule has 10 heteroatoms. The number of rotatable bonds is 10. The number of carbonyl (C=O) groups excluding carboxylic acids is 3. The predicted octanol–water partition coefficient (Wildman–Crippen LogP) is 2.94. The SMILES string of the molecule is COc1cc(/C=C2\SC(=O)N(CCNC(=O)COc3ccccc3)C2=O)cc(OC)c1OC. The summed E-state index contributed by atoms with van der Waals surface area (Å²) in [5.41, 5.74) is 0.612. The van der Waals surface area contributed by atoms with Gasteiger partial charge in [0.05, 0.1) is 26.2 Å². The monoisotopic (exact) mass is 472 g/mol. The number of benzene rings is 2. The molecular weight excluding hydrogens is 448 g/mol. The maximum Gasteiger partial charge on any atom is 0.293 e. The van der Waals surface area contributed by atoms with Gasteiger partial charge in [-0.15, -0.1) is 0 Å². The molecule has 0 aromatic heterocycles. The molecule has 0 saturated carbocycles. The van der Waals surface area contributed by atoms with Gasteiger partial charge < -0.3 is 24.3 Å². The van der Waals surface area contributed by atoms with Crippen molar-refractivity contribution in [3.8, 4) is 23.0 Å². The molecule has 1 aliphatic heterocycles. The zero-order valence-corrected chi connectivity index (χ0v) is 19.3. The summed E-state index contributed by atoms with van der Waals surface area (Å²) < 4.78 is 21.3. The fourth-order valence-corrected chi connectivity index (χ4v) is 3.92. The van der Waals surface area contributed by atoms with Gasteiger partial charge in [-0.1, -0.05) is 18.2 Å². The molecule has 1 N–H and O–H groups in total. The second kappa shape index (κ2) is 11.3. The minimum Gasteiger partial charge on any atom is -0.493 e. The zero-order chi connectivity index (χ0) is 23.8. The number of para-hydroxylation sites is 1. The molecule has 3 rings (SSSR count). The molecule has 174 valence electrons. The van der Waals surface area contributed by atoms with E-state index in [9.17, 15) is 14.4 Å². The molecule has 1 saturated heterocycles. The fourth-order valence-electron chi connectivity index (χ4n) is 3.05. The smallest absolute Gasteiger partial charge is 0.293 e. The van der Waals surface area contributed by atoms with Crippen molar-refractivity contribution in [1.82, 2.24) is 10.2 Å². The largest absolute Gasteiger partial charge is 0.493 e. The lowest BCUT2D eigenvalue weighted by Gasteiger charge is -2.14. The van der Waals surface area contributed by atoms with Gasteiger partial charge in [-0.3, -0.25) is 19.3 Å². The van der Waals surface area contributed by atoms with E-state index < -0.39 is 11.1 Å². The first-order valence-corrected chi connectivity index (χ1v) is 10.8. The summed E-state index contributed by atoms with van der Waals surface area (Å²) in [5.74, 6) is 1.09. The molecule has 1 fully saturated rings. The molecule has 1 aliphatic rings. The van der Waals surface area contributed by atoms with Gasteiger partial charge in [0.1, 0.15) is 5.75 Å². The van der Waals surface area contributed by atoms with Crippen molar-refractivity contribution in [1.29, 1.82) is 0 Å². The van der Waals surface area contributed by atoms with Crippen LogP contribution in [0.1, 0.15) is 5.56 Å². The number of ether oxygens (including phenoxy) is 4. The highest BCUT2D eigenvalue weighted by atomic mass is 32.2. The van der Waals surface area contributed by atoms with Crippen LogP contribution in [0.2, 0.25) is 0 Å². The second-order valence-corrected chi connectivity index (χ2v) is 7.74. The minimum absolute atomic E-state index is 0.0499. The van der Waals surface area contributed by atoms with Gasteiger partial charge in [0.15, 0.2) is 18.1 Å². The highest BCUT2D eigenvalue weighted by Gasteiger charge is 2.34. The maximum absolute atomic E-state index is 12.7. The summed E-state index contributed by atoms with van der Waals surface area (Å²) in [5, 5.41) is 2.23. The summed E-state index contributed by atoms with van der Waals surface area (Å²) in [7, 11) is 4.49. The molecular formula is C23H24N2O7S. The third-order valence-electron chi connectivity index (χ3n) is 4.63. The van der Waals surface area contributed by atoms with Crippen LogP contribution in [-0.4, -0.2) is 63.0 Å². The van der Waals surface area contributed by atoms with E-state index in [1.165, 1.54) is 21.3 Å². The number of thioether (sulfide) groups is 1. The van der Waals surface area contributed by atoms with Crippen molar-refractivity contribution >= 4 is 34.9 Å². The summed E-state index contributed by atoms with van der Waals surface area (Å²) in [6.45, 7) is 0.00771. The number of nitrogens with zero attached hydrogens (tertiary/aromatic N) is 1. The van der Waals surface area contributed by atoms with Crippen molar-refractivity contribution in [2.24, 2.45) is 0 Å². The Morgan fingerprint density at radius 1 is 1.03 bits per heavy atom. The van der Waals surface area contributed by atoms with E-state index in [4.69, 9.17) is 18.9 Å². The Bertz CT molecular complexity index is 1030. The summed E-state index contributed by atoms with van der Waals surface area (Å²) in [4.78, 5) is 38.4. The van der Waals surface area contributed by atoms with Crippen LogP contribution < -0.4 is 24.3 Å². The number of hydrogen-bond donors (Lipinski definition) is 1. The van der Waals surface area contributed by atoms with Crippen molar-refractivity contribution in [3.63, 3.8) is 0 Å². The Hall–Kier alpha value is -3.66. The Morgan fingerprint density at radius 2 is 1.70 bits per heavy atom. The summed E-state index contributed by atoms with van der Waals surface area (Å²) in [6, 6.07) is 12.3. The highest BCUT2D eigenvalue weighted by molar-refractivity contribution is 8.18. The first-order valence-electron chi connectivity index (χ1n) is 9.96. The molecule has 0 aliphatic carbocycles. The number of nitrogens with one attached hydrogen (secondary N) is 1. The number of amides is 3. The number of imide groups is 1. The van der Waals surface area contributed by atoms with E-state index in [2.05, 4.69) is 5.32 Å². The summed E-state index contributed by atoms with van der Waals surface area (Å²) in [6.07, 6.45) is 1.58. The van der Waals surface area contributed by atoms with E-state index in [1.807, 2.05) is 6.07 Å². The Kier molecular flexibility index (Phi) is 8.20. The molecule has 0 spiro atoms. The molecule has 2 aromatic carbocycles. The Morgan fingerprint density at radius 3 is 2.30 bits per heavy atom. The van der Waals surface area contributed by atoms with Crippen molar-refractivity contribution in [3.05, 3.63) is 52.9 Å². The maximum atomic E-state index is 12.7. The van der Waals surface area contributed by atoms with Crippen LogP contribution in [0.4, 0.5) is 4.79 Å². The molecule has 3 amide bonds. The molecule has 0 bridgehead atoms. The molecule has 0 atom stereocenters. The van der Waals surface area contributed by atoms with E-state index in [0.717, 1.165) is 16.7 Å². The zero-order valence-electron chi connectivity index (χ0n) is 18.5. The summed E-state index contributed by atoms with van der Waals surface area (Å²) >= 11 is 0.828. The van der Waals surface area contributed by atoms with Gasteiger partial charge >= 0.3 is 0 Å². The van der Waals surface area contributed by atoms with Crippen LogP contribution in [0.15, 0.2) is 47.4 Å². The van der Waals surface area contributed by atoms with Gasteiger partial charge in [-0.25, -0.2) is 0 Å². The van der Waals surface area contributed by atoms with Crippen LogP contribution in [0, 0.1) is 0 Å². The van der Waals surface area contributed by atoms with Gasteiger partial charge in [0, 0.05) is 13.1 Å². The van der Waals surface area contributed by atoms with Crippen LogP contribution in [0.25, 0.3) is 6.08 Å². The third kappa shape index (κ3) is 5.98. The van der Waals surface area contributed by atoms with Crippen molar-refractivity contribution < 1.29 is 33.3 Å². The second-order valence-electron chi connectivity index (χ2n) is 6.74. The molecule has 0 unspecified atom stereocenters. The number of hydrogen-bond acceptors (Lipinski definition) is 8. The first kappa shape index (κ1) is 24.0. The highest BCUT2D eigenvalue weighted by Crippen LogP contribution is 2.40. The molecule has 33 heavy (non-hydrogen) atoms. The van der Waals surface area contributed by atoms with Crippen molar-refractivity contribution in [2.75, 3.05) is 41.0 Å². The lowest BCUT2D eigenvalue weighted by molar-refractivity contribution is -0.125. The lowest BCUT2D eigenvalue weighted by Crippen LogP contribution is -2.38. The number of carbonyl (C=O) groups is 3. The standard InChI is InChI=1S/C23H24N2O7S/c1-29-17-11-15(12-18(30-2)21(17)31-3)13-19-22(27)25(23(28)33-19)10-9-24-20(26)14-32-16-7-5-4-6-8-16/h4-8,11-13H,9-10,14H2,1-3H3,(H,24,26)/b19-13-. The van der Waals surface area contributed by atoms with Gasteiger partial charge in [0.2, 0.25) is 5.75 Å². The minimum atomic E-state index is -0.437. The molecule has 2 aromatic rings. The molecule has 1 heterocycles. The predicted molar refractivity (Wildman–Crippen MR) is 124 cm³/mol. The van der Waals surface area contributed by atoms with Crippen LogP contribution >= 0.6 is 11.8 Å². The fraction of sp³-hybridized carbons (Fsp3) is 0.261. The van der Waals surface area contributed by atoms with E-state index in [1.54, 1.807) is 42.5 Å². The quantitative estimate of drug-likeness (QED) is 0.527. The van der Waals surface area contributed by atoms with Gasteiger partial charge in [-0.2, -0.15) is 0 Å². The van der Waals surface area contributed by atoms with Gasteiger partial charge in [0.25, 0.3) is 17.1 Å².